The van der Waals surface area contributed by atoms with Crippen LogP contribution in [0.2, 0.25) is 0 Å². The number of unbranched alkanes of at least 4 members (excludes halogenated alkanes) is 1. The molecule has 174 valence electrons. The van der Waals surface area contributed by atoms with E-state index in [1.165, 1.54) is 0 Å². The summed E-state index contributed by atoms with van der Waals surface area (Å²) in [6, 6.07) is -0.0446. The first-order chi connectivity index (χ1) is 13.9. The minimum absolute atomic E-state index is 0.00746. The number of ether oxygens (including phenoxy) is 4. The molecule has 7 nitrogen and oxygen atoms in total. The Morgan fingerprint density at radius 3 is 2.30 bits per heavy atom. The summed E-state index contributed by atoms with van der Waals surface area (Å²) in [5.74, 6) is -0.0803. The largest absolute Gasteiger partial charge is 0.444 e. The first-order valence-electron chi connectivity index (χ1n) is 11.1. The minimum Gasteiger partial charge on any atom is -0.444 e. The highest BCUT2D eigenvalue weighted by Gasteiger charge is 2.50. The summed E-state index contributed by atoms with van der Waals surface area (Å²) < 4.78 is 23.2. The molecule has 0 spiro atoms. The Bertz CT molecular complexity index is 595. The number of aliphatic hydroxyl groups excluding tert-OH is 1. The molecule has 4 aliphatic heterocycles. The Morgan fingerprint density at radius 1 is 1.17 bits per heavy atom. The standard InChI is InChI=1S/C22H39NO6S/c1-19(2,3)29-18(25)23-17(12-30-20(23,4)5)16(11-24)9-7-8-10-22-26-13-21(6,14-27-22)15-28-22/h16-17,24H,7-15H2,1-6H3/t16-,17?,21?,22?/m0/s1. The molecule has 1 N–H and O–H groups in total. The van der Waals surface area contributed by atoms with Gasteiger partial charge in [-0.05, 0) is 47.5 Å². The number of thioether (sulfide) groups is 1. The smallest absolute Gasteiger partial charge is 0.411 e. The summed E-state index contributed by atoms with van der Waals surface area (Å²) in [7, 11) is 0. The van der Waals surface area contributed by atoms with Gasteiger partial charge in [0.15, 0.2) is 0 Å². The third-order valence-electron chi connectivity index (χ3n) is 6.12. The van der Waals surface area contributed by atoms with Crippen LogP contribution in [0.5, 0.6) is 0 Å². The van der Waals surface area contributed by atoms with Crippen molar-refractivity contribution in [1.29, 1.82) is 0 Å². The van der Waals surface area contributed by atoms with Crippen LogP contribution in [0.1, 0.15) is 67.2 Å². The van der Waals surface area contributed by atoms with E-state index in [0.29, 0.717) is 26.2 Å². The van der Waals surface area contributed by atoms with E-state index in [4.69, 9.17) is 18.9 Å². The van der Waals surface area contributed by atoms with E-state index in [0.717, 1.165) is 25.0 Å². The van der Waals surface area contributed by atoms with Crippen LogP contribution in [-0.2, 0) is 18.9 Å². The van der Waals surface area contributed by atoms with Crippen LogP contribution in [0.25, 0.3) is 0 Å². The lowest BCUT2D eigenvalue weighted by molar-refractivity contribution is -0.467. The number of carbonyl (C=O) groups is 1. The second kappa shape index (κ2) is 8.77. The molecule has 2 bridgehead atoms. The molecular formula is C22H39NO6S. The highest BCUT2D eigenvalue weighted by molar-refractivity contribution is 8.00. The van der Waals surface area contributed by atoms with Gasteiger partial charge in [0.2, 0.25) is 0 Å². The first-order valence-corrected chi connectivity index (χ1v) is 12.1. The molecule has 30 heavy (non-hydrogen) atoms. The van der Waals surface area contributed by atoms with Gasteiger partial charge in [0, 0.05) is 30.1 Å². The average Bonchev–Trinajstić information content (AvgIpc) is 2.97. The maximum Gasteiger partial charge on any atom is 0.411 e. The number of hydrogen-bond donors (Lipinski definition) is 1. The number of nitrogens with zero attached hydrogens (tertiary/aromatic N) is 1. The fourth-order valence-electron chi connectivity index (χ4n) is 4.32. The molecule has 1 unspecified atom stereocenters. The fourth-order valence-corrected chi connectivity index (χ4v) is 5.67. The molecule has 0 aromatic heterocycles. The summed E-state index contributed by atoms with van der Waals surface area (Å²) in [4.78, 5) is 14.4. The number of rotatable bonds is 7. The Kier molecular flexibility index (Phi) is 7.05. The van der Waals surface area contributed by atoms with Gasteiger partial charge in [-0.25, -0.2) is 4.79 Å². The van der Waals surface area contributed by atoms with E-state index in [9.17, 15) is 9.90 Å². The van der Waals surface area contributed by atoms with Crippen LogP contribution < -0.4 is 0 Å². The number of amides is 1. The molecule has 4 fully saturated rings. The van der Waals surface area contributed by atoms with Crippen molar-refractivity contribution in [2.75, 3.05) is 32.2 Å². The second-order valence-corrected chi connectivity index (χ2v) is 12.3. The van der Waals surface area contributed by atoms with Crippen LogP contribution in [0, 0.1) is 11.3 Å². The number of carbonyl (C=O) groups excluding carboxylic acids is 1. The van der Waals surface area contributed by atoms with E-state index >= 15 is 0 Å². The van der Waals surface area contributed by atoms with Gasteiger partial charge in [-0.1, -0.05) is 13.3 Å². The monoisotopic (exact) mass is 445 g/mol. The van der Waals surface area contributed by atoms with Crippen LogP contribution in [0.15, 0.2) is 0 Å². The van der Waals surface area contributed by atoms with Crippen LogP contribution in [0.3, 0.4) is 0 Å². The third-order valence-corrected chi connectivity index (χ3v) is 7.53. The fraction of sp³-hybridized carbons (Fsp3) is 0.955. The van der Waals surface area contributed by atoms with Crippen molar-refractivity contribution in [3.8, 4) is 0 Å². The topological polar surface area (TPSA) is 77.5 Å². The Balaban J connectivity index is 1.53. The van der Waals surface area contributed by atoms with E-state index in [2.05, 4.69) is 6.92 Å². The lowest BCUT2D eigenvalue weighted by Crippen LogP contribution is -2.58. The van der Waals surface area contributed by atoms with Gasteiger partial charge in [-0.15, -0.1) is 11.8 Å². The van der Waals surface area contributed by atoms with Crippen molar-refractivity contribution in [1.82, 2.24) is 4.90 Å². The molecule has 0 saturated carbocycles. The molecule has 0 radical (unpaired) electrons. The lowest BCUT2D eigenvalue weighted by atomic mass is 9.90. The molecule has 8 heteroatoms. The third kappa shape index (κ3) is 5.44. The lowest BCUT2D eigenvalue weighted by Gasteiger charge is -2.50. The van der Waals surface area contributed by atoms with Crippen molar-refractivity contribution < 1.29 is 28.8 Å². The van der Waals surface area contributed by atoms with E-state index in [1.807, 2.05) is 39.5 Å². The highest BCUT2D eigenvalue weighted by atomic mass is 32.2. The molecule has 4 rings (SSSR count). The molecule has 0 aliphatic carbocycles. The van der Waals surface area contributed by atoms with Gasteiger partial charge in [-0.3, -0.25) is 4.90 Å². The van der Waals surface area contributed by atoms with Crippen molar-refractivity contribution in [3.05, 3.63) is 0 Å². The van der Waals surface area contributed by atoms with Crippen LogP contribution >= 0.6 is 11.8 Å². The van der Waals surface area contributed by atoms with Crippen LogP contribution in [-0.4, -0.2) is 70.8 Å². The Labute approximate surface area is 185 Å². The molecule has 2 atom stereocenters. The first kappa shape index (κ1) is 24.1. The predicted molar refractivity (Wildman–Crippen MR) is 116 cm³/mol. The summed E-state index contributed by atoms with van der Waals surface area (Å²) in [6.45, 7) is 13.9. The molecule has 4 heterocycles. The van der Waals surface area contributed by atoms with E-state index in [-0.39, 0.29) is 34.9 Å². The molecule has 4 aliphatic rings. The zero-order chi connectivity index (χ0) is 22.2. The van der Waals surface area contributed by atoms with Gasteiger partial charge >= 0.3 is 6.09 Å². The zero-order valence-corrected chi connectivity index (χ0v) is 20.2. The summed E-state index contributed by atoms with van der Waals surface area (Å²) in [5.41, 5.74) is -0.573. The van der Waals surface area contributed by atoms with Gasteiger partial charge in [0.05, 0.1) is 30.7 Å². The predicted octanol–water partition coefficient (Wildman–Crippen LogP) is 3.98. The SMILES string of the molecule is CC12COC(CCCC[C@@H](CO)C3CSC(C)(C)N3C(=O)OC(C)(C)C)(OC1)OC2. The zero-order valence-electron chi connectivity index (χ0n) is 19.4. The van der Waals surface area contributed by atoms with E-state index in [1.54, 1.807) is 11.8 Å². The number of aliphatic hydroxyl groups is 1. The maximum atomic E-state index is 12.9. The second-order valence-electron chi connectivity index (χ2n) is 10.7. The number of fused-ring (bicyclic) bond motifs is 3. The molecule has 0 aromatic rings. The van der Waals surface area contributed by atoms with Crippen LogP contribution in [0.4, 0.5) is 4.79 Å². The van der Waals surface area contributed by atoms with Crippen molar-refractivity contribution >= 4 is 17.9 Å². The van der Waals surface area contributed by atoms with Crippen molar-refractivity contribution in [3.63, 3.8) is 0 Å². The van der Waals surface area contributed by atoms with Gasteiger partial charge in [0.25, 0.3) is 5.97 Å². The Morgan fingerprint density at radius 2 is 1.77 bits per heavy atom. The molecule has 0 aromatic carbocycles. The summed E-state index contributed by atoms with van der Waals surface area (Å²) in [5, 5.41) is 10.1. The van der Waals surface area contributed by atoms with E-state index < -0.39 is 11.6 Å². The average molecular weight is 446 g/mol. The molecule has 1 amide bonds. The summed E-state index contributed by atoms with van der Waals surface area (Å²) >= 11 is 1.74. The van der Waals surface area contributed by atoms with Gasteiger partial charge in [-0.2, -0.15) is 0 Å². The minimum atomic E-state index is -0.889. The van der Waals surface area contributed by atoms with Crippen molar-refractivity contribution in [2.24, 2.45) is 11.3 Å². The quantitative estimate of drug-likeness (QED) is 0.594. The van der Waals surface area contributed by atoms with Gasteiger partial charge < -0.3 is 24.1 Å². The number of hydrogen-bond acceptors (Lipinski definition) is 7. The molecular weight excluding hydrogens is 406 g/mol. The summed E-state index contributed by atoms with van der Waals surface area (Å²) in [6.07, 6.45) is 2.99. The van der Waals surface area contributed by atoms with Crippen molar-refractivity contribution in [2.45, 2.75) is 89.7 Å². The highest BCUT2D eigenvalue weighted by Crippen LogP contribution is 2.44. The molecule has 4 saturated heterocycles. The maximum absolute atomic E-state index is 12.9. The normalized spacial score (nSPS) is 34.2. The Hall–Kier alpha value is -0.540. The van der Waals surface area contributed by atoms with Gasteiger partial charge in [0.1, 0.15) is 5.60 Å².